The molecule has 0 radical (unpaired) electrons. The summed E-state index contributed by atoms with van der Waals surface area (Å²) in [6.45, 7) is 4.65. The topological polar surface area (TPSA) is 6.48 Å². The third kappa shape index (κ3) is 4.55. The molecule has 0 fully saturated rings. The molecule has 0 N–H and O–H groups in total. The largest absolute Gasteiger partial charge is 0.310 e. The maximum absolute atomic E-state index is 6.57. The summed E-state index contributed by atoms with van der Waals surface area (Å²) < 4.78 is 0. The highest BCUT2D eigenvalue weighted by molar-refractivity contribution is 6.30. The van der Waals surface area contributed by atoms with E-state index in [2.05, 4.69) is 157 Å². The molecule has 6 aromatic carbocycles. The zero-order valence-electron chi connectivity index (χ0n) is 23.7. The summed E-state index contributed by atoms with van der Waals surface area (Å²) in [7, 11) is 0. The maximum atomic E-state index is 6.57. The normalized spacial score (nSPS) is 12.8. The summed E-state index contributed by atoms with van der Waals surface area (Å²) in [6, 6.07) is 53.5. The average molecular weight is 563 g/mol. The molecule has 0 unspecified atom stereocenters. The van der Waals surface area contributed by atoms with Gasteiger partial charge in [-0.25, -0.2) is 0 Å². The Labute approximate surface area is 253 Å². The molecule has 0 aromatic heterocycles. The molecule has 0 atom stereocenters. The average Bonchev–Trinajstić information content (AvgIpc) is 3.25. The van der Waals surface area contributed by atoms with E-state index in [0.717, 1.165) is 34.1 Å². The van der Waals surface area contributed by atoms with Crippen molar-refractivity contribution in [2.75, 3.05) is 9.80 Å². The van der Waals surface area contributed by atoms with Crippen molar-refractivity contribution in [2.45, 2.75) is 19.3 Å². The first kappa shape index (κ1) is 26.1. The summed E-state index contributed by atoms with van der Waals surface area (Å²) in [5.74, 6) is 0. The Balaban J connectivity index is 1.40. The molecule has 42 heavy (non-hydrogen) atoms. The van der Waals surface area contributed by atoms with E-state index in [1.807, 2.05) is 18.2 Å². The molecule has 0 heterocycles. The summed E-state index contributed by atoms with van der Waals surface area (Å²) >= 11 is 6.57. The summed E-state index contributed by atoms with van der Waals surface area (Å²) in [5, 5.41) is 0.706. The molecule has 0 aliphatic heterocycles. The van der Waals surface area contributed by atoms with Crippen molar-refractivity contribution >= 4 is 45.7 Å². The van der Waals surface area contributed by atoms with Crippen LogP contribution in [-0.4, -0.2) is 0 Å². The number of hydrogen-bond acceptors (Lipinski definition) is 2. The Hall–Kier alpha value is -4.79. The second-order valence-corrected chi connectivity index (χ2v) is 11.7. The first-order valence-corrected chi connectivity index (χ1v) is 14.7. The SMILES string of the molecule is CC1(C)c2ccccc2-c2ccc(N(c3cccc(Cl)c3)c3cccc(N(c4ccccc4)c4ccccc4)c3)cc21. The lowest BCUT2D eigenvalue weighted by Crippen LogP contribution is -2.17. The van der Waals surface area contributed by atoms with Crippen molar-refractivity contribution in [1.29, 1.82) is 0 Å². The van der Waals surface area contributed by atoms with Crippen molar-refractivity contribution in [2.24, 2.45) is 0 Å². The van der Waals surface area contributed by atoms with Crippen molar-refractivity contribution < 1.29 is 0 Å². The monoisotopic (exact) mass is 562 g/mol. The van der Waals surface area contributed by atoms with Gasteiger partial charge in [-0.3, -0.25) is 0 Å². The predicted octanol–water partition coefficient (Wildman–Crippen LogP) is 11.6. The molecule has 0 saturated heterocycles. The van der Waals surface area contributed by atoms with Gasteiger partial charge in [0.15, 0.2) is 0 Å². The summed E-state index contributed by atoms with van der Waals surface area (Å²) in [5.41, 5.74) is 11.7. The summed E-state index contributed by atoms with van der Waals surface area (Å²) in [4.78, 5) is 4.60. The van der Waals surface area contributed by atoms with Crippen LogP contribution in [0.4, 0.5) is 34.1 Å². The van der Waals surface area contributed by atoms with Gasteiger partial charge in [0.2, 0.25) is 0 Å². The molecule has 2 nitrogen and oxygen atoms in total. The van der Waals surface area contributed by atoms with E-state index >= 15 is 0 Å². The van der Waals surface area contributed by atoms with Crippen molar-refractivity contribution in [1.82, 2.24) is 0 Å². The van der Waals surface area contributed by atoms with E-state index in [-0.39, 0.29) is 5.41 Å². The number of halogens is 1. The summed E-state index contributed by atoms with van der Waals surface area (Å²) in [6.07, 6.45) is 0. The second kappa shape index (κ2) is 10.6. The first-order valence-electron chi connectivity index (χ1n) is 14.3. The highest BCUT2D eigenvalue weighted by atomic mass is 35.5. The number of hydrogen-bond donors (Lipinski definition) is 0. The number of rotatable bonds is 6. The van der Waals surface area contributed by atoms with Gasteiger partial charge in [0, 0.05) is 44.6 Å². The quantitative estimate of drug-likeness (QED) is 0.199. The second-order valence-electron chi connectivity index (χ2n) is 11.2. The van der Waals surface area contributed by atoms with Gasteiger partial charge >= 0.3 is 0 Å². The molecule has 0 spiro atoms. The van der Waals surface area contributed by atoms with E-state index in [1.165, 1.54) is 22.3 Å². The fraction of sp³-hybridized carbons (Fsp3) is 0.0769. The first-order chi connectivity index (χ1) is 20.5. The lowest BCUT2D eigenvalue weighted by Gasteiger charge is -2.30. The number of fused-ring (bicyclic) bond motifs is 3. The Morgan fingerprint density at radius 2 is 0.881 bits per heavy atom. The van der Waals surface area contributed by atoms with Crippen LogP contribution in [0.2, 0.25) is 5.02 Å². The van der Waals surface area contributed by atoms with Crippen LogP contribution in [0.5, 0.6) is 0 Å². The third-order valence-electron chi connectivity index (χ3n) is 8.27. The molecular weight excluding hydrogens is 532 g/mol. The van der Waals surface area contributed by atoms with Crippen LogP contribution >= 0.6 is 11.6 Å². The van der Waals surface area contributed by atoms with Crippen LogP contribution in [0.3, 0.4) is 0 Å². The van der Waals surface area contributed by atoms with E-state index in [4.69, 9.17) is 11.6 Å². The molecule has 204 valence electrons. The van der Waals surface area contributed by atoms with Gasteiger partial charge in [-0.1, -0.05) is 104 Å². The Bertz CT molecular complexity index is 1840. The molecular formula is C39H31ClN2. The number of benzene rings is 6. The van der Waals surface area contributed by atoms with Gasteiger partial charge in [-0.15, -0.1) is 0 Å². The molecule has 0 amide bonds. The number of anilines is 6. The Morgan fingerprint density at radius 1 is 0.405 bits per heavy atom. The smallest absolute Gasteiger partial charge is 0.0482 e. The third-order valence-corrected chi connectivity index (χ3v) is 8.50. The molecule has 3 heteroatoms. The molecule has 1 aliphatic carbocycles. The molecule has 0 bridgehead atoms. The van der Waals surface area contributed by atoms with Crippen LogP contribution in [-0.2, 0) is 5.41 Å². The van der Waals surface area contributed by atoms with Crippen molar-refractivity contribution in [3.8, 4) is 11.1 Å². The van der Waals surface area contributed by atoms with Crippen LogP contribution in [0.25, 0.3) is 11.1 Å². The number of para-hydroxylation sites is 2. The van der Waals surface area contributed by atoms with E-state index in [1.54, 1.807) is 0 Å². The Morgan fingerprint density at radius 3 is 1.52 bits per heavy atom. The van der Waals surface area contributed by atoms with E-state index in [0.29, 0.717) is 5.02 Å². The van der Waals surface area contributed by atoms with Gasteiger partial charge in [0.05, 0.1) is 0 Å². The molecule has 6 aromatic rings. The minimum Gasteiger partial charge on any atom is -0.310 e. The fourth-order valence-corrected chi connectivity index (χ4v) is 6.45. The highest BCUT2D eigenvalue weighted by Crippen LogP contribution is 2.51. The standard InChI is InChI=1S/C39H31ClN2/c1-39(2)37-22-10-9-21-35(37)36-24-23-34(27-38(36)39)42(31-18-11-13-28(40)25-31)33-20-12-19-32(26-33)41(29-14-5-3-6-15-29)30-16-7-4-8-17-30/h3-27H,1-2H3. The van der Waals surface area contributed by atoms with Crippen molar-refractivity contribution in [3.05, 3.63) is 168 Å². The lowest BCUT2D eigenvalue weighted by atomic mass is 9.82. The highest BCUT2D eigenvalue weighted by Gasteiger charge is 2.35. The van der Waals surface area contributed by atoms with Gasteiger partial charge < -0.3 is 9.80 Å². The predicted molar refractivity (Wildman–Crippen MR) is 178 cm³/mol. The van der Waals surface area contributed by atoms with Crippen LogP contribution < -0.4 is 9.80 Å². The van der Waals surface area contributed by atoms with E-state index in [9.17, 15) is 0 Å². The lowest BCUT2D eigenvalue weighted by molar-refractivity contribution is 0.660. The van der Waals surface area contributed by atoms with Gasteiger partial charge in [0.25, 0.3) is 0 Å². The van der Waals surface area contributed by atoms with Crippen LogP contribution in [0, 0.1) is 0 Å². The molecule has 7 rings (SSSR count). The molecule has 1 aliphatic rings. The van der Waals surface area contributed by atoms with Gasteiger partial charge in [0.1, 0.15) is 0 Å². The minimum atomic E-state index is -0.0960. The van der Waals surface area contributed by atoms with Crippen LogP contribution in [0.1, 0.15) is 25.0 Å². The Kier molecular flexibility index (Phi) is 6.57. The van der Waals surface area contributed by atoms with E-state index < -0.39 is 0 Å². The maximum Gasteiger partial charge on any atom is 0.0482 e. The number of nitrogens with zero attached hydrogens (tertiary/aromatic N) is 2. The zero-order valence-corrected chi connectivity index (χ0v) is 24.5. The van der Waals surface area contributed by atoms with Crippen molar-refractivity contribution in [3.63, 3.8) is 0 Å². The molecule has 0 saturated carbocycles. The zero-order chi connectivity index (χ0) is 28.7. The minimum absolute atomic E-state index is 0.0960. The van der Waals surface area contributed by atoms with Gasteiger partial charge in [-0.2, -0.15) is 0 Å². The van der Waals surface area contributed by atoms with Gasteiger partial charge in [-0.05, 0) is 95.1 Å². The van der Waals surface area contributed by atoms with Crippen LogP contribution in [0.15, 0.2) is 152 Å². The fourth-order valence-electron chi connectivity index (χ4n) is 6.27.